The van der Waals surface area contributed by atoms with E-state index in [0.29, 0.717) is 12.3 Å². The SMILES string of the molecule is CCOc1cc(NC(CO)c2ccccc2)c(N)cc1F. The van der Waals surface area contributed by atoms with Crippen molar-refractivity contribution in [3.63, 3.8) is 0 Å². The maximum absolute atomic E-state index is 13.7. The summed E-state index contributed by atoms with van der Waals surface area (Å²) in [5.41, 5.74) is 7.55. The summed E-state index contributed by atoms with van der Waals surface area (Å²) >= 11 is 0. The van der Waals surface area contributed by atoms with Crippen molar-refractivity contribution in [2.75, 3.05) is 24.3 Å². The number of ether oxygens (including phenoxy) is 1. The molecule has 0 fully saturated rings. The zero-order valence-electron chi connectivity index (χ0n) is 11.8. The molecule has 0 aliphatic rings. The average molecular weight is 290 g/mol. The second-order valence-corrected chi connectivity index (χ2v) is 4.59. The number of rotatable bonds is 6. The number of aliphatic hydroxyl groups excluding tert-OH is 1. The Balaban J connectivity index is 2.27. The topological polar surface area (TPSA) is 67.5 Å². The minimum atomic E-state index is -0.500. The molecular weight excluding hydrogens is 271 g/mol. The molecule has 2 aromatic carbocycles. The Hall–Kier alpha value is -2.27. The zero-order chi connectivity index (χ0) is 15.2. The van der Waals surface area contributed by atoms with E-state index < -0.39 is 5.82 Å². The van der Waals surface area contributed by atoms with Gasteiger partial charge < -0.3 is 20.9 Å². The molecule has 5 heteroatoms. The van der Waals surface area contributed by atoms with Gasteiger partial charge in [0.25, 0.3) is 0 Å². The number of aliphatic hydroxyl groups is 1. The van der Waals surface area contributed by atoms with Crippen LogP contribution < -0.4 is 15.8 Å². The van der Waals surface area contributed by atoms with Crippen molar-refractivity contribution < 1.29 is 14.2 Å². The number of nitrogen functional groups attached to an aromatic ring is 1. The van der Waals surface area contributed by atoms with Crippen molar-refractivity contribution in [3.05, 3.63) is 53.8 Å². The largest absolute Gasteiger partial charge is 0.491 e. The first-order chi connectivity index (χ1) is 10.2. The van der Waals surface area contributed by atoms with Crippen LogP contribution in [0.2, 0.25) is 0 Å². The zero-order valence-corrected chi connectivity index (χ0v) is 11.8. The molecule has 0 spiro atoms. The van der Waals surface area contributed by atoms with Crippen molar-refractivity contribution in [3.8, 4) is 5.75 Å². The lowest BCUT2D eigenvalue weighted by atomic mass is 10.1. The maximum atomic E-state index is 13.7. The fourth-order valence-electron chi connectivity index (χ4n) is 2.07. The first-order valence-electron chi connectivity index (χ1n) is 6.79. The standard InChI is InChI=1S/C16H19FN2O2/c1-2-21-16-9-14(13(18)8-12(16)17)19-15(10-20)11-6-4-3-5-7-11/h3-9,15,19-20H,2,10,18H2,1H3. The van der Waals surface area contributed by atoms with Crippen molar-refractivity contribution >= 4 is 11.4 Å². The van der Waals surface area contributed by atoms with Crippen molar-refractivity contribution in [2.24, 2.45) is 0 Å². The van der Waals surface area contributed by atoms with Crippen LogP contribution in [0.1, 0.15) is 18.5 Å². The summed E-state index contributed by atoms with van der Waals surface area (Å²) < 4.78 is 18.9. The number of hydrogen-bond acceptors (Lipinski definition) is 4. The summed E-state index contributed by atoms with van der Waals surface area (Å²) in [5, 5.41) is 12.7. The highest BCUT2D eigenvalue weighted by molar-refractivity contribution is 5.69. The van der Waals surface area contributed by atoms with Crippen LogP contribution in [0.15, 0.2) is 42.5 Å². The Bertz CT molecular complexity index is 590. The van der Waals surface area contributed by atoms with Gasteiger partial charge in [-0.25, -0.2) is 4.39 Å². The van der Waals surface area contributed by atoms with Gasteiger partial charge in [-0.05, 0) is 12.5 Å². The van der Waals surface area contributed by atoms with Crippen molar-refractivity contribution in [2.45, 2.75) is 13.0 Å². The van der Waals surface area contributed by atoms with Crippen molar-refractivity contribution in [1.82, 2.24) is 0 Å². The van der Waals surface area contributed by atoms with Crippen LogP contribution in [0.3, 0.4) is 0 Å². The highest BCUT2D eigenvalue weighted by Gasteiger charge is 2.14. The number of nitrogens with one attached hydrogen (secondary N) is 1. The number of hydrogen-bond donors (Lipinski definition) is 3. The Morgan fingerprint density at radius 2 is 2.00 bits per heavy atom. The van der Waals surface area contributed by atoms with Gasteiger partial charge in [-0.1, -0.05) is 30.3 Å². The quantitative estimate of drug-likeness (QED) is 0.716. The molecule has 0 aliphatic carbocycles. The van der Waals surface area contributed by atoms with E-state index in [1.807, 2.05) is 30.3 Å². The van der Waals surface area contributed by atoms with Crippen LogP contribution in [0.5, 0.6) is 5.75 Å². The maximum Gasteiger partial charge on any atom is 0.167 e. The molecule has 2 aromatic rings. The second kappa shape index (κ2) is 6.95. The van der Waals surface area contributed by atoms with Crippen LogP contribution >= 0.6 is 0 Å². The predicted octanol–water partition coefficient (Wildman–Crippen LogP) is 2.95. The Kier molecular flexibility index (Phi) is 5.00. The molecule has 0 saturated heterocycles. The Morgan fingerprint density at radius 3 is 2.62 bits per heavy atom. The molecule has 112 valence electrons. The molecule has 21 heavy (non-hydrogen) atoms. The van der Waals surface area contributed by atoms with E-state index >= 15 is 0 Å². The van der Waals surface area contributed by atoms with Gasteiger partial charge in [0.15, 0.2) is 11.6 Å². The summed E-state index contributed by atoms with van der Waals surface area (Å²) in [4.78, 5) is 0. The first kappa shape index (κ1) is 15.1. The molecule has 0 aromatic heterocycles. The smallest absolute Gasteiger partial charge is 0.167 e. The fourth-order valence-corrected chi connectivity index (χ4v) is 2.07. The van der Waals surface area contributed by atoms with E-state index in [1.165, 1.54) is 12.1 Å². The number of benzene rings is 2. The number of nitrogens with two attached hydrogens (primary N) is 1. The van der Waals surface area contributed by atoms with Crippen LogP contribution in [0.25, 0.3) is 0 Å². The van der Waals surface area contributed by atoms with Gasteiger partial charge in [0.2, 0.25) is 0 Å². The highest BCUT2D eigenvalue weighted by Crippen LogP contribution is 2.31. The lowest BCUT2D eigenvalue weighted by molar-refractivity contribution is 0.276. The van der Waals surface area contributed by atoms with Gasteiger partial charge in [-0.2, -0.15) is 0 Å². The highest BCUT2D eigenvalue weighted by atomic mass is 19.1. The summed E-state index contributed by atoms with van der Waals surface area (Å²) in [7, 11) is 0. The molecule has 0 radical (unpaired) electrons. The van der Waals surface area contributed by atoms with E-state index in [2.05, 4.69) is 5.32 Å². The first-order valence-corrected chi connectivity index (χ1v) is 6.79. The second-order valence-electron chi connectivity index (χ2n) is 4.59. The Labute approximate surface area is 123 Å². The average Bonchev–Trinajstić information content (AvgIpc) is 2.50. The molecule has 0 heterocycles. The molecule has 1 unspecified atom stereocenters. The summed E-state index contributed by atoms with van der Waals surface area (Å²) in [6.07, 6.45) is 0. The van der Waals surface area contributed by atoms with E-state index in [0.717, 1.165) is 5.56 Å². The van der Waals surface area contributed by atoms with Crippen LogP contribution in [-0.4, -0.2) is 18.3 Å². The third-order valence-electron chi connectivity index (χ3n) is 3.12. The summed E-state index contributed by atoms with van der Waals surface area (Å²) in [6.45, 7) is 2.04. The lowest BCUT2D eigenvalue weighted by Crippen LogP contribution is -2.16. The molecule has 0 aliphatic heterocycles. The van der Waals surface area contributed by atoms with Gasteiger partial charge >= 0.3 is 0 Å². The van der Waals surface area contributed by atoms with Gasteiger partial charge in [0.1, 0.15) is 0 Å². The minimum absolute atomic E-state index is 0.106. The minimum Gasteiger partial charge on any atom is -0.491 e. The predicted molar refractivity (Wildman–Crippen MR) is 81.9 cm³/mol. The van der Waals surface area contributed by atoms with Gasteiger partial charge in [0.05, 0.1) is 30.6 Å². The lowest BCUT2D eigenvalue weighted by Gasteiger charge is -2.20. The molecule has 4 N–H and O–H groups in total. The van der Waals surface area contributed by atoms with Crippen molar-refractivity contribution in [1.29, 1.82) is 0 Å². The Morgan fingerprint density at radius 1 is 1.29 bits per heavy atom. The van der Waals surface area contributed by atoms with Gasteiger partial charge in [0, 0.05) is 12.1 Å². The molecule has 1 atom stereocenters. The van der Waals surface area contributed by atoms with Gasteiger partial charge in [-0.3, -0.25) is 0 Å². The summed E-state index contributed by atoms with van der Waals surface area (Å²) in [5.74, 6) is -0.362. The van der Waals surface area contributed by atoms with E-state index in [4.69, 9.17) is 10.5 Å². The molecule has 0 bridgehead atoms. The molecule has 2 rings (SSSR count). The van der Waals surface area contributed by atoms with Crippen LogP contribution in [0, 0.1) is 5.82 Å². The van der Waals surface area contributed by atoms with E-state index in [9.17, 15) is 9.50 Å². The monoisotopic (exact) mass is 290 g/mol. The van der Waals surface area contributed by atoms with Gasteiger partial charge in [-0.15, -0.1) is 0 Å². The van der Waals surface area contributed by atoms with Crippen LogP contribution in [0.4, 0.5) is 15.8 Å². The number of halogens is 1. The molecule has 0 saturated carbocycles. The fraction of sp³-hybridized carbons (Fsp3) is 0.250. The molecule has 4 nitrogen and oxygen atoms in total. The van der Waals surface area contributed by atoms with E-state index in [1.54, 1.807) is 6.92 Å². The normalized spacial score (nSPS) is 12.0. The van der Waals surface area contributed by atoms with Crippen LogP contribution in [-0.2, 0) is 0 Å². The molecular formula is C16H19FN2O2. The number of anilines is 2. The summed E-state index contributed by atoms with van der Waals surface area (Å²) in [6, 6.07) is 11.9. The third-order valence-corrected chi connectivity index (χ3v) is 3.12. The van der Waals surface area contributed by atoms with E-state index in [-0.39, 0.29) is 24.1 Å². The third kappa shape index (κ3) is 3.64. The molecule has 0 amide bonds.